The average Bonchev–Trinajstić information content (AvgIpc) is 2.59. The Morgan fingerprint density at radius 3 is 2.93 bits per heavy atom. The van der Waals surface area contributed by atoms with E-state index in [0.717, 1.165) is 5.70 Å². The molecule has 2 aliphatic rings. The molecular formula is C20H24N4O3. The lowest BCUT2D eigenvalue weighted by Crippen LogP contribution is -2.39. The van der Waals surface area contributed by atoms with Crippen LogP contribution in [0.3, 0.4) is 0 Å². The first kappa shape index (κ1) is 19.1. The lowest BCUT2D eigenvalue weighted by Gasteiger charge is -2.38. The number of pyridine rings is 1. The summed E-state index contributed by atoms with van der Waals surface area (Å²) in [5, 5.41) is 25.0. The number of nitriles is 1. The third kappa shape index (κ3) is 3.87. The van der Waals surface area contributed by atoms with Crippen LogP contribution in [0.15, 0.2) is 47.1 Å². The van der Waals surface area contributed by atoms with Gasteiger partial charge in [-0.3, -0.25) is 4.79 Å². The molecule has 7 nitrogen and oxygen atoms in total. The fourth-order valence-corrected chi connectivity index (χ4v) is 3.83. The maximum atomic E-state index is 13.0. The van der Waals surface area contributed by atoms with Crippen molar-refractivity contribution in [3.05, 3.63) is 57.8 Å². The lowest BCUT2D eigenvalue weighted by molar-refractivity contribution is -0.605. The fraction of sp³-hybridized carbons (Fsp3) is 0.450. The van der Waals surface area contributed by atoms with Crippen LogP contribution in [0.4, 0.5) is 0 Å². The fourth-order valence-electron chi connectivity index (χ4n) is 3.83. The van der Waals surface area contributed by atoms with E-state index in [9.17, 15) is 15.3 Å². The third-order valence-electron chi connectivity index (χ3n) is 4.88. The van der Waals surface area contributed by atoms with Crippen LogP contribution in [0.25, 0.3) is 0 Å². The van der Waals surface area contributed by atoms with Crippen LogP contribution in [-0.2, 0) is 9.53 Å². The number of Topliss-reactive ketones (excluding diaryl/α,β-unsaturated/α-hetero) is 1. The molecule has 7 heteroatoms. The summed E-state index contributed by atoms with van der Waals surface area (Å²) in [6.07, 6.45) is 3.90. The summed E-state index contributed by atoms with van der Waals surface area (Å²) in [5.74, 6) is -0.553. The number of rotatable bonds is 5. The highest BCUT2D eigenvalue weighted by Crippen LogP contribution is 2.46. The SMILES string of the molecule is CC1(C)CC(=O)C2=C(C1)NC(COCCN)=C(C#N)C2c1ccc[n+]([O-])c1. The van der Waals surface area contributed by atoms with Crippen LogP contribution in [0, 0.1) is 22.0 Å². The number of dihydropyridines is 1. The number of nitrogens with one attached hydrogen (secondary N) is 1. The number of ether oxygens (including phenoxy) is 1. The number of allylic oxidation sites excluding steroid dienone is 3. The minimum atomic E-state index is -0.562. The van der Waals surface area contributed by atoms with Gasteiger partial charge in [0.25, 0.3) is 0 Å². The second kappa shape index (κ2) is 7.51. The van der Waals surface area contributed by atoms with E-state index in [0.29, 0.717) is 53.1 Å². The van der Waals surface area contributed by atoms with Gasteiger partial charge in [0.2, 0.25) is 0 Å². The highest BCUT2D eigenvalue weighted by molar-refractivity contribution is 6.00. The molecule has 0 saturated carbocycles. The molecule has 0 saturated heterocycles. The largest absolute Gasteiger partial charge is 0.619 e. The van der Waals surface area contributed by atoms with Crippen molar-refractivity contribution in [3.63, 3.8) is 0 Å². The molecule has 0 fully saturated rings. The van der Waals surface area contributed by atoms with Crippen LogP contribution >= 0.6 is 0 Å². The maximum Gasteiger partial charge on any atom is 0.184 e. The molecule has 0 spiro atoms. The molecule has 3 N–H and O–H groups in total. The molecule has 3 rings (SSSR count). The van der Waals surface area contributed by atoms with Gasteiger partial charge in [-0.25, -0.2) is 0 Å². The van der Waals surface area contributed by atoms with Crippen molar-refractivity contribution in [1.29, 1.82) is 5.26 Å². The van der Waals surface area contributed by atoms with E-state index < -0.39 is 5.92 Å². The Morgan fingerprint density at radius 1 is 1.48 bits per heavy atom. The molecule has 1 aromatic heterocycles. The van der Waals surface area contributed by atoms with Gasteiger partial charge < -0.3 is 21.0 Å². The van der Waals surface area contributed by atoms with Gasteiger partial charge in [-0.05, 0) is 17.9 Å². The van der Waals surface area contributed by atoms with Crippen LogP contribution in [0.2, 0.25) is 0 Å². The summed E-state index contributed by atoms with van der Waals surface area (Å²) in [7, 11) is 0. The van der Waals surface area contributed by atoms with Crippen LogP contribution in [0.5, 0.6) is 0 Å². The van der Waals surface area contributed by atoms with E-state index in [-0.39, 0.29) is 17.8 Å². The molecule has 27 heavy (non-hydrogen) atoms. The van der Waals surface area contributed by atoms with Gasteiger partial charge in [-0.2, -0.15) is 9.99 Å². The molecule has 2 heterocycles. The number of carbonyl (C=O) groups excluding carboxylic acids is 1. The molecular weight excluding hydrogens is 344 g/mol. The Bertz CT molecular complexity index is 864. The Morgan fingerprint density at radius 2 is 2.26 bits per heavy atom. The van der Waals surface area contributed by atoms with Gasteiger partial charge in [-0.15, -0.1) is 0 Å². The van der Waals surface area contributed by atoms with Crippen molar-refractivity contribution in [1.82, 2.24) is 5.32 Å². The van der Waals surface area contributed by atoms with E-state index >= 15 is 0 Å². The first-order valence-electron chi connectivity index (χ1n) is 8.99. The number of carbonyl (C=O) groups is 1. The molecule has 1 atom stereocenters. The van der Waals surface area contributed by atoms with Crippen molar-refractivity contribution >= 4 is 5.78 Å². The second-order valence-electron chi connectivity index (χ2n) is 7.73. The van der Waals surface area contributed by atoms with Gasteiger partial charge in [0.05, 0.1) is 36.5 Å². The summed E-state index contributed by atoms with van der Waals surface area (Å²) in [4.78, 5) is 13.0. The number of nitrogens with zero attached hydrogens (tertiary/aromatic N) is 2. The van der Waals surface area contributed by atoms with Crippen molar-refractivity contribution in [2.75, 3.05) is 19.8 Å². The third-order valence-corrected chi connectivity index (χ3v) is 4.88. The molecule has 1 unspecified atom stereocenters. The number of ketones is 1. The van der Waals surface area contributed by atoms with E-state index in [4.69, 9.17) is 10.5 Å². The second-order valence-corrected chi connectivity index (χ2v) is 7.73. The van der Waals surface area contributed by atoms with E-state index in [1.165, 1.54) is 12.4 Å². The number of hydrogen-bond donors (Lipinski definition) is 2. The number of hydrogen-bond acceptors (Lipinski definition) is 6. The predicted molar refractivity (Wildman–Crippen MR) is 98.8 cm³/mol. The summed E-state index contributed by atoms with van der Waals surface area (Å²) < 4.78 is 6.24. The molecule has 0 radical (unpaired) electrons. The summed E-state index contributed by atoms with van der Waals surface area (Å²) in [6, 6.07) is 5.63. The minimum Gasteiger partial charge on any atom is -0.619 e. The number of aromatic nitrogens is 1. The Labute approximate surface area is 158 Å². The molecule has 1 aromatic rings. The van der Waals surface area contributed by atoms with E-state index in [1.807, 2.05) is 13.8 Å². The van der Waals surface area contributed by atoms with E-state index in [1.54, 1.807) is 12.1 Å². The Balaban J connectivity index is 2.12. The molecule has 1 aliphatic carbocycles. The summed E-state index contributed by atoms with van der Waals surface area (Å²) in [5.41, 5.74) is 8.37. The molecule has 0 bridgehead atoms. The van der Waals surface area contributed by atoms with Gasteiger partial charge >= 0.3 is 0 Å². The van der Waals surface area contributed by atoms with Gasteiger partial charge in [-0.1, -0.05) is 13.8 Å². The lowest BCUT2D eigenvalue weighted by atomic mass is 9.69. The van der Waals surface area contributed by atoms with Gasteiger partial charge in [0.15, 0.2) is 18.2 Å². The highest BCUT2D eigenvalue weighted by Gasteiger charge is 2.42. The van der Waals surface area contributed by atoms with Gasteiger partial charge in [0.1, 0.15) is 0 Å². The Kier molecular flexibility index (Phi) is 5.31. The maximum absolute atomic E-state index is 13.0. The van der Waals surface area contributed by atoms with Crippen LogP contribution in [0.1, 0.15) is 38.2 Å². The van der Waals surface area contributed by atoms with E-state index in [2.05, 4.69) is 11.4 Å². The zero-order chi connectivity index (χ0) is 19.6. The molecule has 142 valence electrons. The van der Waals surface area contributed by atoms with Crippen LogP contribution < -0.4 is 15.8 Å². The van der Waals surface area contributed by atoms with Crippen molar-refractivity contribution < 1.29 is 14.3 Å². The predicted octanol–water partition coefficient (Wildman–Crippen LogP) is 1.40. The molecule has 0 aromatic carbocycles. The van der Waals surface area contributed by atoms with Crippen molar-refractivity contribution in [2.45, 2.75) is 32.6 Å². The van der Waals surface area contributed by atoms with Crippen LogP contribution in [-0.4, -0.2) is 25.5 Å². The zero-order valence-electron chi connectivity index (χ0n) is 15.6. The van der Waals surface area contributed by atoms with Gasteiger partial charge in [0, 0.05) is 35.9 Å². The summed E-state index contributed by atoms with van der Waals surface area (Å²) in [6.45, 7) is 5.05. The quantitative estimate of drug-likeness (QED) is 0.461. The van der Waals surface area contributed by atoms with Crippen molar-refractivity contribution in [2.24, 2.45) is 11.1 Å². The average molecular weight is 368 g/mol. The molecule has 1 aliphatic heterocycles. The zero-order valence-corrected chi connectivity index (χ0v) is 15.6. The summed E-state index contributed by atoms with van der Waals surface area (Å²) >= 11 is 0. The highest BCUT2D eigenvalue weighted by atomic mass is 16.5. The van der Waals surface area contributed by atoms with Crippen molar-refractivity contribution in [3.8, 4) is 6.07 Å². The monoisotopic (exact) mass is 368 g/mol. The first-order chi connectivity index (χ1) is 12.9. The normalized spacial score (nSPS) is 21.6. The topological polar surface area (TPSA) is 115 Å². The smallest absolute Gasteiger partial charge is 0.184 e. The minimum absolute atomic E-state index is 0.00901. The first-order valence-corrected chi connectivity index (χ1v) is 8.99. The standard InChI is InChI=1S/C20H24N4O3/c1-20(2)8-15-19(17(25)9-20)18(13-4-3-6-24(26)11-13)14(10-22)16(23-15)12-27-7-5-21/h3-4,6,11,18,23H,5,7-9,12,21H2,1-2H3. The molecule has 0 amide bonds. The number of nitrogens with two attached hydrogens (primary N) is 1. The Hall–Kier alpha value is -2.69.